The highest BCUT2D eigenvalue weighted by Crippen LogP contribution is 2.12. The number of hydrogen-bond donors (Lipinski definition) is 2. The molecule has 0 spiro atoms. The third kappa shape index (κ3) is 6.74. The first-order valence-corrected chi connectivity index (χ1v) is 7.42. The van der Waals surface area contributed by atoms with E-state index >= 15 is 0 Å². The van der Waals surface area contributed by atoms with Crippen LogP contribution in [0.25, 0.3) is 0 Å². The van der Waals surface area contributed by atoms with E-state index in [2.05, 4.69) is 29.5 Å². The molecular formula is C15H24N4O2. The van der Waals surface area contributed by atoms with Crippen LogP contribution >= 0.6 is 0 Å². The summed E-state index contributed by atoms with van der Waals surface area (Å²) in [7, 11) is 0. The molecule has 21 heavy (non-hydrogen) atoms. The Balaban J connectivity index is 2.59. The molecule has 0 bridgehead atoms. The number of nitrogens with zero attached hydrogens (tertiary/aromatic N) is 2. The minimum Gasteiger partial charge on any atom is -0.356 e. The van der Waals surface area contributed by atoms with E-state index in [-0.39, 0.29) is 5.69 Å². The molecule has 0 saturated heterocycles. The molecule has 0 aliphatic heterocycles. The van der Waals surface area contributed by atoms with Crippen LogP contribution in [0.5, 0.6) is 0 Å². The molecule has 1 aromatic rings. The fraction of sp³-hybridized carbons (Fsp3) is 0.533. The quantitative estimate of drug-likeness (QED) is 0.254. The summed E-state index contributed by atoms with van der Waals surface area (Å²) in [5.74, 6) is 0.795. The second-order valence-electron chi connectivity index (χ2n) is 4.80. The van der Waals surface area contributed by atoms with Gasteiger partial charge in [-0.2, -0.15) is 0 Å². The van der Waals surface area contributed by atoms with Gasteiger partial charge in [-0.05, 0) is 18.4 Å². The lowest BCUT2D eigenvalue weighted by Gasteiger charge is -2.11. The molecule has 1 aromatic carbocycles. The van der Waals surface area contributed by atoms with E-state index < -0.39 is 4.92 Å². The number of hydrogen-bond acceptors (Lipinski definition) is 3. The number of nitrogens with one attached hydrogen (secondary N) is 2. The predicted molar refractivity (Wildman–Crippen MR) is 85.4 cm³/mol. The number of benzene rings is 1. The summed E-state index contributed by atoms with van der Waals surface area (Å²) in [5, 5.41) is 17.1. The number of nitro groups is 1. The summed E-state index contributed by atoms with van der Waals surface area (Å²) in [5.41, 5.74) is 1.06. The molecule has 0 radical (unpaired) electrons. The zero-order chi connectivity index (χ0) is 15.5. The van der Waals surface area contributed by atoms with Crippen LogP contribution in [0.1, 0.15) is 38.7 Å². The Morgan fingerprint density at radius 1 is 1.14 bits per heavy atom. The number of unbranched alkanes of at least 4 members (excludes halogenated alkanes) is 1. The van der Waals surface area contributed by atoms with Crippen molar-refractivity contribution < 1.29 is 4.92 Å². The Bertz CT molecular complexity index is 457. The molecule has 6 heteroatoms. The maximum atomic E-state index is 10.6. The summed E-state index contributed by atoms with van der Waals surface area (Å²) < 4.78 is 0. The molecule has 0 heterocycles. The fourth-order valence-corrected chi connectivity index (χ4v) is 1.69. The van der Waals surface area contributed by atoms with Crippen molar-refractivity contribution >= 4 is 11.6 Å². The van der Waals surface area contributed by atoms with E-state index in [1.165, 1.54) is 12.1 Å². The minimum absolute atomic E-state index is 0.105. The molecular weight excluding hydrogens is 268 g/mol. The summed E-state index contributed by atoms with van der Waals surface area (Å²) in [6.45, 7) is 6.52. The van der Waals surface area contributed by atoms with Gasteiger partial charge in [0.05, 0.1) is 11.5 Å². The van der Waals surface area contributed by atoms with Crippen LogP contribution in [0.2, 0.25) is 0 Å². The summed E-state index contributed by atoms with van der Waals surface area (Å²) in [6, 6.07) is 6.50. The van der Waals surface area contributed by atoms with E-state index in [4.69, 9.17) is 0 Å². The predicted octanol–water partition coefficient (Wildman–Crippen LogP) is 2.84. The lowest BCUT2D eigenvalue weighted by molar-refractivity contribution is -0.384. The second-order valence-corrected chi connectivity index (χ2v) is 4.80. The highest BCUT2D eigenvalue weighted by Gasteiger charge is 2.03. The first-order chi connectivity index (χ1) is 10.2. The monoisotopic (exact) mass is 292 g/mol. The third-order valence-corrected chi connectivity index (χ3v) is 2.93. The Morgan fingerprint density at radius 2 is 1.81 bits per heavy atom. The molecule has 0 aliphatic carbocycles. The Labute approximate surface area is 125 Å². The van der Waals surface area contributed by atoms with Gasteiger partial charge in [0.1, 0.15) is 0 Å². The van der Waals surface area contributed by atoms with Gasteiger partial charge in [-0.1, -0.05) is 32.4 Å². The van der Waals surface area contributed by atoms with Crippen molar-refractivity contribution in [2.45, 2.75) is 39.7 Å². The van der Waals surface area contributed by atoms with Crippen LogP contribution in [0.15, 0.2) is 29.3 Å². The molecule has 0 aliphatic rings. The lowest BCUT2D eigenvalue weighted by atomic mass is 10.2. The van der Waals surface area contributed by atoms with Crippen LogP contribution in [0, 0.1) is 10.1 Å². The maximum Gasteiger partial charge on any atom is 0.269 e. The van der Waals surface area contributed by atoms with Gasteiger partial charge in [-0.25, -0.2) is 4.99 Å². The van der Waals surface area contributed by atoms with Gasteiger partial charge in [-0.15, -0.1) is 0 Å². The average Bonchev–Trinajstić information content (AvgIpc) is 2.50. The number of guanidine groups is 1. The van der Waals surface area contributed by atoms with E-state index in [1.54, 1.807) is 12.1 Å². The molecule has 116 valence electrons. The highest BCUT2D eigenvalue weighted by molar-refractivity contribution is 5.79. The Hall–Kier alpha value is -2.11. The number of nitro benzene ring substituents is 1. The first kappa shape index (κ1) is 16.9. The van der Waals surface area contributed by atoms with Crippen LogP contribution in [0.3, 0.4) is 0 Å². The molecule has 0 saturated carbocycles. The third-order valence-electron chi connectivity index (χ3n) is 2.93. The largest absolute Gasteiger partial charge is 0.356 e. The average molecular weight is 292 g/mol. The maximum absolute atomic E-state index is 10.6. The van der Waals surface area contributed by atoms with Crippen molar-refractivity contribution in [1.29, 1.82) is 0 Å². The molecule has 0 fully saturated rings. The minimum atomic E-state index is -0.395. The Kier molecular flexibility index (Phi) is 7.86. The van der Waals surface area contributed by atoms with Gasteiger partial charge in [0.2, 0.25) is 0 Å². The van der Waals surface area contributed by atoms with Gasteiger partial charge in [0, 0.05) is 25.2 Å². The highest BCUT2D eigenvalue weighted by atomic mass is 16.6. The van der Waals surface area contributed by atoms with Gasteiger partial charge in [0.25, 0.3) is 5.69 Å². The van der Waals surface area contributed by atoms with Crippen LogP contribution in [-0.2, 0) is 6.54 Å². The SMILES string of the molecule is CCCCNC(=NCc1ccc([N+](=O)[O-])cc1)NCCC. The van der Waals surface area contributed by atoms with Crippen LogP contribution in [0.4, 0.5) is 5.69 Å². The second kappa shape index (κ2) is 9.74. The number of non-ortho nitro benzene ring substituents is 1. The van der Waals surface area contributed by atoms with Crippen molar-refractivity contribution in [3.63, 3.8) is 0 Å². The molecule has 6 nitrogen and oxygen atoms in total. The number of aliphatic imine (C=N–C) groups is 1. The molecule has 2 N–H and O–H groups in total. The zero-order valence-electron chi connectivity index (χ0n) is 12.8. The summed E-state index contributed by atoms with van der Waals surface area (Å²) in [4.78, 5) is 14.7. The van der Waals surface area contributed by atoms with E-state index in [0.29, 0.717) is 6.54 Å². The number of rotatable bonds is 8. The first-order valence-electron chi connectivity index (χ1n) is 7.42. The molecule has 0 amide bonds. The fourth-order valence-electron chi connectivity index (χ4n) is 1.69. The van der Waals surface area contributed by atoms with Gasteiger partial charge in [0.15, 0.2) is 5.96 Å². The van der Waals surface area contributed by atoms with Crippen molar-refractivity contribution in [3.05, 3.63) is 39.9 Å². The van der Waals surface area contributed by atoms with Gasteiger partial charge < -0.3 is 10.6 Å². The molecule has 0 unspecified atom stereocenters. The normalized spacial score (nSPS) is 11.2. The summed E-state index contributed by atoms with van der Waals surface area (Å²) >= 11 is 0. The molecule has 0 atom stereocenters. The molecule has 0 aromatic heterocycles. The zero-order valence-corrected chi connectivity index (χ0v) is 12.8. The lowest BCUT2D eigenvalue weighted by Crippen LogP contribution is -2.38. The van der Waals surface area contributed by atoms with Crippen molar-refractivity contribution in [2.75, 3.05) is 13.1 Å². The smallest absolute Gasteiger partial charge is 0.269 e. The van der Waals surface area contributed by atoms with Crippen molar-refractivity contribution in [1.82, 2.24) is 10.6 Å². The van der Waals surface area contributed by atoms with Crippen LogP contribution < -0.4 is 10.6 Å². The summed E-state index contributed by atoms with van der Waals surface area (Å²) in [6.07, 6.45) is 3.27. The van der Waals surface area contributed by atoms with E-state index in [9.17, 15) is 10.1 Å². The Morgan fingerprint density at radius 3 is 2.38 bits per heavy atom. The standard InChI is InChI=1S/C15H24N4O2/c1-3-5-11-17-15(16-10-4-2)18-12-13-6-8-14(9-7-13)19(20)21/h6-9H,3-5,10-12H2,1-2H3,(H2,16,17,18). The van der Waals surface area contributed by atoms with Gasteiger partial charge >= 0.3 is 0 Å². The van der Waals surface area contributed by atoms with Crippen molar-refractivity contribution in [2.24, 2.45) is 4.99 Å². The van der Waals surface area contributed by atoms with Crippen molar-refractivity contribution in [3.8, 4) is 0 Å². The topological polar surface area (TPSA) is 79.6 Å². The molecule has 1 rings (SSSR count). The van der Waals surface area contributed by atoms with Crippen LogP contribution in [-0.4, -0.2) is 24.0 Å². The van der Waals surface area contributed by atoms with E-state index in [0.717, 1.165) is 43.9 Å². The van der Waals surface area contributed by atoms with E-state index in [1.807, 2.05) is 0 Å². The van der Waals surface area contributed by atoms with Gasteiger partial charge in [-0.3, -0.25) is 10.1 Å².